The quantitative estimate of drug-likeness (QED) is 0.750. The number of alkyl halides is 1. The minimum Gasteiger partial charge on any atom is -0.455 e. The number of nitrogens with zero attached hydrogens (tertiary/aromatic N) is 1. The first-order chi connectivity index (χ1) is 7.79. The molecule has 0 amide bonds. The van der Waals surface area contributed by atoms with Gasteiger partial charge in [-0.05, 0) is 30.7 Å². The Labute approximate surface area is 99.9 Å². The number of ether oxygens (including phenoxy) is 1. The second-order valence-electron chi connectivity index (χ2n) is 3.54. The second-order valence-corrected chi connectivity index (χ2v) is 3.80. The molecule has 0 fully saturated rings. The van der Waals surface area contributed by atoms with Crippen molar-refractivity contribution in [3.63, 3.8) is 0 Å². The number of halogens is 1. The number of aromatic nitrogens is 1. The zero-order valence-electron chi connectivity index (χ0n) is 8.98. The van der Waals surface area contributed by atoms with Crippen molar-refractivity contribution in [3.05, 3.63) is 53.9 Å². The Bertz CT molecular complexity index is 485. The summed E-state index contributed by atoms with van der Waals surface area (Å²) in [4.78, 5) is 4.03. The molecule has 1 heterocycles. The van der Waals surface area contributed by atoms with Crippen LogP contribution < -0.4 is 4.74 Å². The molecule has 0 atom stereocenters. The standard InChI is InChI=1S/C13H12ClNO/c1-10-3-2-4-12(7-10)16-13-9-15-6-5-11(13)8-14/h2-7,9H,8H2,1H3. The van der Waals surface area contributed by atoms with E-state index in [4.69, 9.17) is 16.3 Å². The van der Waals surface area contributed by atoms with Crippen molar-refractivity contribution in [2.24, 2.45) is 0 Å². The van der Waals surface area contributed by atoms with Gasteiger partial charge in [-0.25, -0.2) is 0 Å². The average molecular weight is 234 g/mol. The van der Waals surface area contributed by atoms with Crippen LogP contribution in [-0.2, 0) is 5.88 Å². The van der Waals surface area contributed by atoms with Gasteiger partial charge in [-0.1, -0.05) is 12.1 Å². The molecule has 0 bridgehead atoms. The third-order valence-corrected chi connectivity index (χ3v) is 2.52. The molecule has 0 saturated carbocycles. The molecule has 0 aliphatic heterocycles. The van der Waals surface area contributed by atoms with Crippen molar-refractivity contribution in [1.29, 1.82) is 0 Å². The lowest BCUT2D eigenvalue weighted by Crippen LogP contribution is -1.90. The van der Waals surface area contributed by atoms with Gasteiger partial charge in [0.15, 0.2) is 0 Å². The van der Waals surface area contributed by atoms with Gasteiger partial charge in [0.05, 0.1) is 12.1 Å². The summed E-state index contributed by atoms with van der Waals surface area (Å²) < 4.78 is 5.73. The van der Waals surface area contributed by atoms with Gasteiger partial charge in [0.2, 0.25) is 0 Å². The van der Waals surface area contributed by atoms with Gasteiger partial charge < -0.3 is 4.74 Å². The molecular formula is C13H12ClNO. The van der Waals surface area contributed by atoms with Crippen molar-refractivity contribution in [2.75, 3.05) is 0 Å². The molecule has 82 valence electrons. The lowest BCUT2D eigenvalue weighted by atomic mass is 10.2. The van der Waals surface area contributed by atoms with Crippen LogP contribution in [-0.4, -0.2) is 4.98 Å². The van der Waals surface area contributed by atoms with E-state index in [9.17, 15) is 0 Å². The van der Waals surface area contributed by atoms with E-state index in [1.165, 1.54) is 0 Å². The lowest BCUT2D eigenvalue weighted by Gasteiger charge is -2.08. The van der Waals surface area contributed by atoms with Crippen LogP contribution >= 0.6 is 11.6 Å². The Kier molecular flexibility index (Phi) is 3.42. The summed E-state index contributed by atoms with van der Waals surface area (Å²) in [6.45, 7) is 2.03. The molecule has 3 heteroatoms. The lowest BCUT2D eigenvalue weighted by molar-refractivity contribution is 0.475. The first-order valence-electron chi connectivity index (χ1n) is 5.03. The fourth-order valence-electron chi connectivity index (χ4n) is 1.42. The van der Waals surface area contributed by atoms with Crippen LogP contribution in [0, 0.1) is 6.92 Å². The number of hydrogen-bond acceptors (Lipinski definition) is 2. The van der Waals surface area contributed by atoms with E-state index >= 15 is 0 Å². The highest BCUT2D eigenvalue weighted by Crippen LogP contribution is 2.25. The van der Waals surface area contributed by atoms with Gasteiger partial charge in [0.1, 0.15) is 11.5 Å². The average Bonchev–Trinajstić information content (AvgIpc) is 2.30. The monoisotopic (exact) mass is 233 g/mol. The Hall–Kier alpha value is -1.54. The highest BCUT2D eigenvalue weighted by Gasteiger charge is 2.03. The van der Waals surface area contributed by atoms with Gasteiger partial charge >= 0.3 is 0 Å². The first-order valence-corrected chi connectivity index (χ1v) is 5.56. The molecular weight excluding hydrogens is 222 g/mol. The number of pyridine rings is 1. The van der Waals surface area contributed by atoms with Gasteiger partial charge in [-0.15, -0.1) is 11.6 Å². The molecule has 0 radical (unpaired) electrons. The largest absolute Gasteiger partial charge is 0.455 e. The summed E-state index contributed by atoms with van der Waals surface area (Å²) in [5.41, 5.74) is 2.10. The molecule has 2 aromatic rings. The SMILES string of the molecule is Cc1cccc(Oc2cnccc2CCl)c1. The van der Waals surface area contributed by atoms with Crippen LogP contribution in [0.1, 0.15) is 11.1 Å². The van der Waals surface area contributed by atoms with Gasteiger partial charge in [0.25, 0.3) is 0 Å². The molecule has 16 heavy (non-hydrogen) atoms. The van der Waals surface area contributed by atoms with Crippen molar-refractivity contribution in [3.8, 4) is 11.5 Å². The summed E-state index contributed by atoms with van der Waals surface area (Å²) in [6.07, 6.45) is 3.39. The zero-order chi connectivity index (χ0) is 11.4. The van der Waals surface area contributed by atoms with Gasteiger partial charge in [-0.2, -0.15) is 0 Å². The Morgan fingerprint density at radius 3 is 2.94 bits per heavy atom. The minimum absolute atomic E-state index is 0.420. The molecule has 0 aliphatic rings. The fraction of sp³-hybridized carbons (Fsp3) is 0.154. The third-order valence-electron chi connectivity index (χ3n) is 2.23. The van der Waals surface area contributed by atoms with Gasteiger partial charge in [-0.3, -0.25) is 4.98 Å². The third kappa shape index (κ3) is 2.52. The van der Waals surface area contributed by atoms with Crippen LogP contribution in [0.2, 0.25) is 0 Å². The van der Waals surface area contributed by atoms with E-state index in [1.54, 1.807) is 12.4 Å². The predicted molar refractivity (Wildman–Crippen MR) is 65.0 cm³/mol. The van der Waals surface area contributed by atoms with E-state index in [-0.39, 0.29) is 0 Å². The smallest absolute Gasteiger partial charge is 0.150 e. The first kappa shape index (κ1) is 11.0. The molecule has 0 N–H and O–H groups in total. The summed E-state index contributed by atoms with van der Waals surface area (Å²) >= 11 is 5.82. The van der Waals surface area contributed by atoms with Crippen LogP contribution in [0.3, 0.4) is 0 Å². The van der Waals surface area contributed by atoms with Crippen LogP contribution in [0.25, 0.3) is 0 Å². The highest BCUT2D eigenvalue weighted by molar-refractivity contribution is 6.17. The molecule has 2 rings (SSSR count). The zero-order valence-corrected chi connectivity index (χ0v) is 9.74. The van der Waals surface area contributed by atoms with Crippen molar-refractivity contribution in [1.82, 2.24) is 4.98 Å². The van der Waals surface area contributed by atoms with Crippen molar-refractivity contribution < 1.29 is 4.74 Å². The molecule has 1 aromatic heterocycles. The summed E-state index contributed by atoms with van der Waals surface area (Å²) in [6, 6.07) is 9.74. The number of benzene rings is 1. The maximum atomic E-state index is 5.82. The molecule has 0 unspecified atom stereocenters. The Morgan fingerprint density at radius 1 is 1.31 bits per heavy atom. The summed E-state index contributed by atoms with van der Waals surface area (Å²) in [5, 5.41) is 0. The maximum Gasteiger partial charge on any atom is 0.150 e. The van der Waals surface area contributed by atoms with E-state index in [2.05, 4.69) is 4.98 Å². The van der Waals surface area contributed by atoms with E-state index in [1.807, 2.05) is 37.3 Å². The number of hydrogen-bond donors (Lipinski definition) is 0. The molecule has 2 nitrogen and oxygen atoms in total. The molecule has 0 aliphatic carbocycles. The number of aryl methyl sites for hydroxylation is 1. The van der Waals surface area contributed by atoms with Crippen LogP contribution in [0.15, 0.2) is 42.7 Å². The van der Waals surface area contributed by atoms with E-state index in [0.717, 1.165) is 16.9 Å². The Balaban J connectivity index is 2.26. The highest BCUT2D eigenvalue weighted by atomic mass is 35.5. The van der Waals surface area contributed by atoms with E-state index in [0.29, 0.717) is 11.6 Å². The van der Waals surface area contributed by atoms with Gasteiger partial charge in [0, 0.05) is 11.8 Å². The van der Waals surface area contributed by atoms with Crippen molar-refractivity contribution in [2.45, 2.75) is 12.8 Å². The van der Waals surface area contributed by atoms with Crippen LogP contribution in [0.4, 0.5) is 0 Å². The molecule has 0 spiro atoms. The maximum absolute atomic E-state index is 5.82. The number of rotatable bonds is 3. The Morgan fingerprint density at radius 2 is 2.19 bits per heavy atom. The summed E-state index contributed by atoms with van der Waals surface area (Å²) in [5.74, 6) is 1.94. The normalized spacial score (nSPS) is 10.1. The minimum atomic E-state index is 0.420. The topological polar surface area (TPSA) is 22.1 Å². The second kappa shape index (κ2) is 4.99. The fourth-order valence-corrected chi connectivity index (χ4v) is 1.64. The van der Waals surface area contributed by atoms with Crippen molar-refractivity contribution >= 4 is 11.6 Å². The van der Waals surface area contributed by atoms with E-state index < -0.39 is 0 Å². The summed E-state index contributed by atoms with van der Waals surface area (Å²) in [7, 11) is 0. The molecule has 0 saturated heterocycles. The predicted octanol–water partition coefficient (Wildman–Crippen LogP) is 3.92. The van der Waals surface area contributed by atoms with Crippen LogP contribution in [0.5, 0.6) is 11.5 Å². The molecule has 1 aromatic carbocycles.